The van der Waals surface area contributed by atoms with E-state index in [0.29, 0.717) is 32.3 Å². The Bertz CT molecular complexity index is 347. The standard InChI is InChI=1S/C14H28N4O3/c1-14(2,3)21-13(19)17-7-5-4-6-16-12(15)18-8-10-20-11-9-18/h4-11H2,1-3H3,(H2,15,16)(H,17,19). The number of nitrogens with one attached hydrogen (secondary N) is 1. The predicted octanol–water partition coefficient (Wildman–Crippen LogP) is 0.938. The molecule has 21 heavy (non-hydrogen) atoms. The lowest BCUT2D eigenvalue weighted by atomic mass is 10.2. The molecule has 1 aliphatic rings. The van der Waals surface area contributed by atoms with Crippen molar-refractivity contribution >= 4 is 12.1 Å². The summed E-state index contributed by atoms with van der Waals surface area (Å²) in [5.41, 5.74) is 5.45. The van der Waals surface area contributed by atoms with Crippen LogP contribution >= 0.6 is 0 Å². The minimum Gasteiger partial charge on any atom is -0.444 e. The van der Waals surface area contributed by atoms with Crippen LogP contribution in [0, 0.1) is 0 Å². The first-order chi connectivity index (χ1) is 9.88. The number of carbonyl (C=O) groups excluding carboxylic acids is 1. The van der Waals surface area contributed by atoms with Gasteiger partial charge in [0.2, 0.25) is 0 Å². The molecule has 1 rings (SSSR count). The second-order valence-electron chi connectivity index (χ2n) is 5.98. The monoisotopic (exact) mass is 300 g/mol. The topological polar surface area (TPSA) is 89.2 Å². The number of aliphatic imine (C=N–C) groups is 1. The number of hydrogen-bond acceptors (Lipinski definition) is 4. The van der Waals surface area contributed by atoms with Crippen molar-refractivity contribution < 1.29 is 14.3 Å². The van der Waals surface area contributed by atoms with Crippen molar-refractivity contribution in [2.45, 2.75) is 39.2 Å². The second-order valence-corrected chi connectivity index (χ2v) is 5.98. The summed E-state index contributed by atoms with van der Waals surface area (Å²) in [4.78, 5) is 17.8. The highest BCUT2D eigenvalue weighted by molar-refractivity contribution is 5.78. The molecule has 0 atom stereocenters. The van der Waals surface area contributed by atoms with Gasteiger partial charge in [0.05, 0.1) is 13.2 Å². The van der Waals surface area contributed by atoms with Crippen molar-refractivity contribution in [2.24, 2.45) is 10.7 Å². The SMILES string of the molecule is CC(C)(C)OC(=O)NCCCCN=C(N)N1CCOCC1. The normalized spacial score (nSPS) is 16.7. The lowest BCUT2D eigenvalue weighted by Crippen LogP contribution is -2.44. The third-order valence-electron chi connectivity index (χ3n) is 2.86. The fourth-order valence-electron chi connectivity index (χ4n) is 1.83. The first kappa shape index (κ1) is 17.6. The number of amides is 1. The highest BCUT2D eigenvalue weighted by Gasteiger charge is 2.15. The van der Waals surface area contributed by atoms with Gasteiger partial charge >= 0.3 is 6.09 Å². The van der Waals surface area contributed by atoms with E-state index < -0.39 is 5.60 Å². The van der Waals surface area contributed by atoms with Crippen molar-refractivity contribution in [2.75, 3.05) is 39.4 Å². The van der Waals surface area contributed by atoms with E-state index in [1.807, 2.05) is 25.7 Å². The van der Waals surface area contributed by atoms with Crippen LogP contribution in [0.25, 0.3) is 0 Å². The van der Waals surface area contributed by atoms with Gasteiger partial charge in [0.1, 0.15) is 5.60 Å². The minimum absolute atomic E-state index is 0.376. The highest BCUT2D eigenvalue weighted by atomic mass is 16.6. The third kappa shape index (κ3) is 8.39. The van der Waals surface area contributed by atoms with Gasteiger partial charge in [-0.2, -0.15) is 0 Å². The lowest BCUT2D eigenvalue weighted by molar-refractivity contribution is 0.0527. The number of unbranched alkanes of at least 4 members (excludes halogenated alkanes) is 1. The van der Waals surface area contributed by atoms with Crippen LogP contribution in [0.1, 0.15) is 33.6 Å². The maximum absolute atomic E-state index is 11.4. The molecule has 0 aromatic rings. The number of guanidine groups is 1. The van der Waals surface area contributed by atoms with Crippen LogP contribution in [-0.4, -0.2) is 61.9 Å². The predicted molar refractivity (Wildman–Crippen MR) is 82.4 cm³/mol. The summed E-state index contributed by atoms with van der Waals surface area (Å²) >= 11 is 0. The molecule has 1 aliphatic heterocycles. The van der Waals surface area contributed by atoms with Crippen LogP contribution in [0.5, 0.6) is 0 Å². The van der Waals surface area contributed by atoms with Crippen LogP contribution in [0.3, 0.4) is 0 Å². The fourth-order valence-corrected chi connectivity index (χ4v) is 1.83. The Kier molecular flexibility index (Phi) is 7.28. The van der Waals surface area contributed by atoms with Crippen LogP contribution in [-0.2, 0) is 9.47 Å². The van der Waals surface area contributed by atoms with Gasteiger partial charge in [0, 0.05) is 26.2 Å². The van der Waals surface area contributed by atoms with Crippen LogP contribution in [0.4, 0.5) is 4.79 Å². The second kappa shape index (κ2) is 8.71. The van der Waals surface area contributed by atoms with Crippen molar-refractivity contribution in [1.82, 2.24) is 10.2 Å². The number of nitrogens with two attached hydrogens (primary N) is 1. The summed E-state index contributed by atoms with van der Waals surface area (Å²) < 4.78 is 10.4. The first-order valence-electron chi connectivity index (χ1n) is 7.48. The number of rotatable bonds is 5. The summed E-state index contributed by atoms with van der Waals surface area (Å²) in [6.45, 7) is 9.79. The Balaban J connectivity index is 2.07. The summed E-state index contributed by atoms with van der Waals surface area (Å²) in [6, 6.07) is 0. The van der Waals surface area contributed by atoms with Gasteiger partial charge in [-0.1, -0.05) is 0 Å². The average molecular weight is 300 g/mol. The summed E-state index contributed by atoms with van der Waals surface area (Å²) in [7, 11) is 0. The molecule has 0 bridgehead atoms. The number of alkyl carbamates (subject to hydrolysis) is 1. The molecule has 3 N–H and O–H groups in total. The molecule has 1 saturated heterocycles. The zero-order valence-corrected chi connectivity index (χ0v) is 13.4. The van der Waals surface area contributed by atoms with Gasteiger partial charge in [0.15, 0.2) is 5.96 Å². The van der Waals surface area contributed by atoms with Crippen LogP contribution in [0.2, 0.25) is 0 Å². The Morgan fingerprint density at radius 1 is 1.33 bits per heavy atom. The molecule has 7 heteroatoms. The molecule has 0 aromatic carbocycles. The number of ether oxygens (including phenoxy) is 2. The summed E-state index contributed by atoms with van der Waals surface area (Å²) in [5.74, 6) is 0.582. The van der Waals surface area contributed by atoms with E-state index in [4.69, 9.17) is 15.2 Å². The molecule has 1 heterocycles. The zero-order chi connectivity index (χ0) is 15.7. The van der Waals surface area contributed by atoms with E-state index in [1.54, 1.807) is 0 Å². The van der Waals surface area contributed by atoms with Crippen molar-refractivity contribution in [1.29, 1.82) is 0 Å². The molecule has 0 aromatic heterocycles. The van der Waals surface area contributed by atoms with E-state index in [2.05, 4.69) is 10.3 Å². The Labute approximate surface area is 126 Å². The Morgan fingerprint density at radius 2 is 2.00 bits per heavy atom. The number of nitrogens with zero attached hydrogens (tertiary/aromatic N) is 2. The van der Waals surface area contributed by atoms with Gasteiger partial charge in [0.25, 0.3) is 0 Å². The van der Waals surface area contributed by atoms with Crippen molar-refractivity contribution in [3.8, 4) is 0 Å². The van der Waals surface area contributed by atoms with Gasteiger partial charge in [-0.3, -0.25) is 4.99 Å². The van der Waals surface area contributed by atoms with Gasteiger partial charge in [-0.25, -0.2) is 4.79 Å². The Morgan fingerprint density at radius 3 is 2.62 bits per heavy atom. The maximum atomic E-state index is 11.4. The molecule has 0 radical (unpaired) electrons. The smallest absolute Gasteiger partial charge is 0.407 e. The molecule has 0 spiro atoms. The zero-order valence-electron chi connectivity index (χ0n) is 13.4. The van der Waals surface area contributed by atoms with E-state index in [-0.39, 0.29) is 6.09 Å². The molecule has 0 saturated carbocycles. The van der Waals surface area contributed by atoms with E-state index >= 15 is 0 Å². The minimum atomic E-state index is -0.457. The van der Waals surface area contributed by atoms with E-state index in [1.165, 1.54) is 0 Å². The molecule has 1 fully saturated rings. The summed E-state index contributed by atoms with van der Waals surface area (Å²) in [5, 5.41) is 2.72. The third-order valence-corrected chi connectivity index (χ3v) is 2.86. The molecular formula is C14H28N4O3. The molecule has 1 amide bonds. The molecular weight excluding hydrogens is 272 g/mol. The van der Waals surface area contributed by atoms with Crippen molar-refractivity contribution in [3.63, 3.8) is 0 Å². The van der Waals surface area contributed by atoms with E-state index in [9.17, 15) is 4.79 Å². The molecule has 0 aliphatic carbocycles. The van der Waals surface area contributed by atoms with E-state index in [0.717, 1.165) is 25.9 Å². The molecule has 7 nitrogen and oxygen atoms in total. The van der Waals surface area contributed by atoms with Crippen LogP contribution < -0.4 is 11.1 Å². The number of carbonyl (C=O) groups is 1. The fraction of sp³-hybridized carbons (Fsp3) is 0.857. The largest absolute Gasteiger partial charge is 0.444 e. The lowest BCUT2D eigenvalue weighted by Gasteiger charge is -2.27. The maximum Gasteiger partial charge on any atom is 0.407 e. The van der Waals surface area contributed by atoms with Gasteiger partial charge in [-0.05, 0) is 33.6 Å². The Hall–Kier alpha value is -1.50. The molecule has 122 valence electrons. The van der Waals surface area contributed by atoms with Crippen LogP contribution in [0.15, 0.2) is 4.99 Å². The number of morpholine rings is 1. The van der Waals surface area contributed by atoms with Gasteiger partial charge in [-0.15, -0.1) is 0 Å². The average Bonchev–Trinajstić information content (AvgIpc) is 2.41. The quantitative estimate of drug-likeness (QED) is 0.448. The van der Waals surface area contributed by atoms with Crippen molar-refractivity contribution in [3.05, 3.63) is 0 Å². The highest BCUT2D eigenvalue weighted by Crippen LogP contribution is 2.06. The summed E-state index contributed by atoms with van der Waals surface area (Å²) in [6.07, 6.45) is 1.35. The first-order valence-corrected chi connectivity index (χ1v) is 7.48. The molecule has 0 unspecified atom stereocenters. The van der Waals surface area contributed by atoms with Gasteiger partial charge < -0.3 is 25.4 Å². The number of hydrogen-bond donors (Lipinski definition) is 2.